The second-order valence-corrected chi connectivity index (χ2v) is 8.45. The highest BCUT2D eigenvalue weighted by Crippen LogP contribution is 2.24. The number of pyridine rings is 1. The molecule has 0 saturated carbocycles. The van der Waals surface area contributed by atoms with Crippen LogP contribution in [0.3, 0.4) is 0 Å². The summed E-state index contributed by atoms with van der Waals surface area (Å²) < 4.78 is 10.9. The third kappa shape index (κ3) is 6.19. The molecule has 3 aromatic rings. The zero-order chi connectivity index (χ0) is 23.0. The topological polar surface area (TPSA) is 106 Å². The van der Waals surface area contributed by atoms with E-state index in [-0.39, 0.29) is 17.9 Å². The van der Waals surface area contributed by atoms with Gasteiger partial charge >= 0.3 is 6.03 Å². The van der Waals surface area contributed by atoms with Crippen molar-refractivity contribution in [2.24, 2.45) is 5.92 Å². The van der Waals surface area contributed by atoms with Gasteiger partial charge in [0.15, 0.2) is 5.13 Å². The van der Waals surface area contributed by atoms with E-state index in [2.05, 4.69) is 20.6 Å². The molecule has 0 bridgehead atoms. The van der Waals surface area contributed by atoms with Crippen LogP contribution in [0.5, 0.6) is 17.4 Å². The van der Waals surface area contributed by atoms with E-state index in [1.807, 2.05) is 29.6 Å². The molecule has 1 aliphatic rings. The standard InChI is InChI=1S/C23H25N5O4S/c1-31-18-5-2-6-19(12-18)32-20-8-7-16(13-25-20)14-26-23(30)28-10-3-4-17(15-28)21(29)27-22-24-9-11-33-22/h2,5-9,11-13,17H,3-4,10,14-15H2,1H3,(H,26,30)(H,24,27,29). The summed E-state index contributed by atoms with van der Waals surface area (Å²) in [6.07, 6.45) is 4.84. The number of hydrogen-bond acceptors (Lipinski definition) is 7. The van der Waals surface area contributed by atoms with Crippen LogP contribution in [-0.2, 0) is 11.3 Å². The van der Waals surface area contributed by atoms with E-state index >= 15 is 0 Å². The predicted octanol–water partition coefficient (Wildman–Crippen LogP) is 3.90. The molecule has 33 heavy (non-hydrogen) atoms. The van der Waals surface area contributed by atoms with Crippen molar-refractivity contribution in [3.8, 4) is 17.4 Å². The fourth-order valence-electron chi connectivity index (χ4n) is 3.52. The summed E-state index contributed by atoms with van der Waals surface area (Å²) in [7, 11) is 1.60. The van der Waals surface area contributed by atoms with Crippen LogP contribution < -0.4 is 20.1 Å². The Kier molecular flexibility index (Phi) is 7.36. The number of nitrogens with zero attached hydrogens (tertiary/aromatic N) is 3. The van der Waals surface area contributed by atoms with Crippen LogP contribution in [0, 0.1) is 5.92 Å². The first-order chi connectivity index (χ1) is 16.1. The Labute approximate surface area is 195 Å². The molecule has 172 valence electrons. The van der Waals surface area contributed by atoms with Gasteiger partial charge in [-0.1, -0.05) is 12.1 Å². The van der Waals surface area contributed by atoms with Crippen LogP contribution in [0.1, 0.15) is 18.4 Å². The number of aromatic nitrogens is 2. The lowest BCUT2D eigenvalue weighted by Crippen LogP contribution is -2.47. The van der Waals surface area contributed by atoms with Gasteiger partial charge in [0.1, 0.15) is 11.5 Å². The average Bonchev–Trinajstić information content (AvgIpc) is 3.36. The van der Waals surface area contributed by atoms with E-state index in [0.29, 0.717) is 42.1 Å². The Bertz CT molecular complexity index is 1070. The molecule has 0 aliphatic carbocycles. The summed E-state index contributed by atoms with van der Waals surface area (Å²) in [6, 6.07) is 10.7. The van der Waals surface area contributed by atoms with E-state index in [1.165, 1.54) is 11.3 Å². The Morgan fingerprint density at radius 2 is 2.09 bits per heavy atom. The van der Waals surface area contributed by atoms with Gasteiger partial charge in [-0.25, -0.2) is 14.8 Å². The highest BCUT2D eigenvalue weighted by Gasteiger charge is 2.28. The molecule has 0 radical (unpaired) electrons. The highest BCUT2D eigenvalue weighted by atomic mass is 32.1. The minimum Gasteiger partial charge on any atom is -0.497 e. The lowest BCUT2D eigenvalue weighted by Gasteiger charge is -2.31. The first kappa shape index (κ1) is 22.5. The van der Waals surface area contributed by atoms with E-state index in [1.54, 1.807) is 36.5 Å². The monoisotopic (exact) mass is 467 g/mol. The minimum atomic E-state index is -0.247. The number of ether oxygens (including phenoxy) is 2. The number of nitrogens with one attached hydrogen (secondary N) is 2. The Balaban J connectivity index is 1.26. The van der Waals surface area contributed by atoms with Crippen LogP contribution in [-0.4, -0.2) is 47.0 Å². The summed E-state index contributed by atoms with van der Waals surface area (Å²) >= 11 is 1.37. The maximum atomic E-state index is 12.6. The lowest BCUT2D eigenvalue weighted by molar-refractivity contribution is -0.121. The number of amides is 3. The molecule has 3 heterocycles. The third-order valence-electron chi connectivity index (χ3n) is 5.25. The van der Waals surface area contributed by atoms with Gasteiger partial charge in [0.25, 0.3) is 0 Å². The van der Waals surface area contributed by atoms with Gasteiger partial charge in [-0.05, 0) is 30.5 Å². The van der Waals surface area contributed by atoms with Gasteiger partial charge in [-0.2, -0.15) is 0 Å². The van der Waals surface area contributed by atoms with Crippen molar-refractivity contribution in [2.45, 2.75) is 19.4 Å². The van der Waals surface area contributed by atoms with Gasteiger partial charge in [0, 0.05) is 49.5 Å². The van der Waals surface area contributed by atoms with Gasteiger partial charge in [0.2, 0.25) is 11.8 Å². The van der Waals surface area contributed by atoms with Gasteiger partial charge < -0.3 is 25.0 Å². The van der Waals surface area contributed by atoms with Crippen molar-refractivity contribution in [3.63, 3.8) is 0 Å². The van der Waals surface area contributed by atoms with Gasteiger partial charge in [-0.3, -0.25) is 4.79 Å². The number of likely N-dealkylation sites (tertiary alicyclic amines) is 1. The predicted molar refractivity (Wildman–Crippen MR) is 125 cm³/mol. The Hall–Kier alpha value is -3.66. The summed E-state index contributed by atoms with van der Waals surface area (Å²) in [5, 5.41) is 8.11. The second kappa shape index (κ2) is 10.8. The summed E-state index contributed by atoms with van der Waals surface area (Å²) in [6.45, 7) is 1.34. The number of rotatable bonds is 7. The number of piperidine rings is 1. The number of methoxy groups -OCH3 is 1. The van der Waals surface area contributed by atoms with Crippen molar-refractivity contribution in [3.05, 3.63) is 59.7 Å². The molecule has 9 nitrogen and oxygen atoms in total. The summed E-state index contributed by atoms with van der Waals surface area (Å²) in [5.41, 5.74) is 0.844. The number of anilines is 1. The Morgan fingerprint density at radius 1 is 1.21 bits per heavy atom. The molecule has 1 fully saturated rings. The molecule has 10 heteroatoms. The second-order valence-electron chi connectivity index (χ2n) is 7.56. The van der Waals surface area contributed by atoms with E-state index < -0.39 is 0 Å². The zero-order valence-corrected chi connectivity index (χ0v) is 19.0. The molecule has 1 saturated heterocycles. The Morgan fingerprint density at radius 3 is 2.85 bits per heavy atom. The van der Waals surface area contributed by atoms with E-state index in [0.717, 1.165) is 18.4 Å². The van der Waals surface area contributed by atoms with Crippen LogP contribution >= 0.6 is 11.3 Å². The van der Waals surface area contributed by atoms with Crippen molar-refractivity contribution < 1.29 is 19.1 Å². The largest absolute Gasteiger partial charge is 0.497 e. The van der Waals surface area contributed by atoms with E-state index in [4.69, 9.17) is 9.47 Å². The normalized spacial score (nSPS) is 15.5. The number of urea groups is 1. The molecule has 4 rings (SSSR count). The fraction of sp³-hybridized carbons (Fsp3) is 0.304. The smallest absolute Gasteiger partial charge is 0.317 e. The first-order valence-electron chi connectivity index (χ1n) is 10.6. The molecular weight excluding hydrogens is 442 g/mol. The maximum Gasteiger partial charge on any atom is 0.317 e. The first-order valence-corrected chi connectivity index (χ1v) is 11.5. The number of hydrogen-bond donors (Lipinski definition) is 2. The molecule has 1 aromatic carbocycles. The van der Waals surface area contributed by atoms with Crippen molar-refractivity contribution in [2.75, 3.05) is 25.5 Å². The molecule has 1 unspecified atom stereocenters. The molecular formula is C23H25N5O4S. The van der Waals surface area contributed by atoms with Crippen LogP contribution in [0.4, 0.5) is 9.93 Å². The molecule has 2 aromatic heterocycles. The molecule has 1 aliphatic heterocycles. The van der Waals surface area contributed by atoms with E-state index in [9.17, 15) is 9.59 Å². The van der Waals surface area contributed by atoms with Crippen molar-refractivity contribution >= 4 is 28.4 Å². The average molecular weight is 468 g/mol. The minimum absolute atomic E-state index is 0.0988. The third-order valence-corrected chi connectivity index (χ3v) is 5.94. The molecule has 3 amide bonds. The van der Waals surface area contributed by atoms with Gasteiger partial charge in [-0.15, -0.1) is 11.3 Å². The van der Waals surface area contributed by atoms with Crippen LogP contribution in [0.15, 0.2) is 54.2 Å². The fourth-order valence-corrected chi connectivity index (χ4v) is 4.05. The summed E-state index contributed by atoms with van der Waals surface area (Å²) in [5.74, 6) is 1.43. The quantitative estimate of drug-likeness (QED) is 0.546. The molecule has 1 atom stereocenters. The van der Waals surface area contributed by atoms with Gasteiger partial charge in [0.05, 0.1) is 13.0 Å². The lowest BCUT2D eigenvalue weighted by atomic mass is 9.97. The molecule has 0 spiro atoms. The highest BCUT2D eigenvalue weighted by molar-refractivity contribution is 7.13. The van der Waals surface area contributed by atoms with Crippen LogP contribution in [0.25, 0.3) is 0 Å². The number of carbonyl (C=O) groups excluding carboxylic acids is 2. The van der Waals surface area contributed by atoms with Crippen molar-refractivity contribution in [1.82, 2.24) is 20.2 Å². The number of carbonyl (C=O) groups is 2. The maximum absolute atomic E-state index is 12.6. The van der Waals surface area contributed by atoms with Crippen molar-refractivity contribution in [1.29, 1.82) is 0 Å². The zero-order valence-electron chi connectivity index (χ0n) is 18.2. The summed E-state index contributed by atoms with van der Waals surface area (Å²) in [4.78, 5) is 35.2. The number of thiazole rings is 1. The molecule has 2 N–H and O–H groups in total. The number of benzene rings is 1. The van der Waals surface area contributed by atoms with Crippen LogP contribution in [0.2, 0.25) is 0 Å². The SMILES string of the molecule is COc1cccc(Oc2ccc(CNC(=O)N3CCCC(C(=O)Nc4nccs4)C3)cn2)c1.